The smallest absolute Gasteiger partial charge is 0.161 e. The Hall–Kier alpha value is -1.63. The van der Waals surface area contributed by atoms with Crippen LogP contribution in [0.1, 0.15) is 17.2 Å². The monoisotopic (exact) mass is 354 g/mol. The van der Waals surface area contributed by atoms with E-state index in [1.807, 2.05) is 12.1 Å². The van der Waals surface area contributed by atoms with E-state index in [-0.39, 0.29) is 11.9 Å². The van der Waals surface area contributed by atoms with Gasteiger partial charge >= 0.3 is 0 Å². The zero-order valence-corrected chi connectivity index (χ0v) is 13.3. The van der Waals surface area contributed by atoms with Gasteiger partial charge in [-0.05, 0) is 51.3 Å². The maximum atomic E-state index is 13.4. The maximum Gasteiger partial charge on any atom is 0.161 e. The van der Waals surface area contributed by atoms with Crippen LogP contribution in [-0.2, 0) is 0 Å². The quantitative estimate of drug-likeness (QED) is 0.639. The molecule has 0 bridgehead atoms. The van der Waals surface area contributed by atoms with Gasteiger partial charge in [-0.25, -0.2) is 9.82 Å². The van der Waals surface area contributed by atoms with Crippen LogP contribution in [0.3, 0.4) is 0 Å². The largest absolute Gasteiger partial charge is 0.493 e. The second-order valence-electron chi connectivity index (χ2n) is 4.39. The Bertz CT molecular complexity index is 637. The Morgan fingerprint density at radius 1 is 1.05 bits per heavy atom. The second-order valence-corrected chi connectivity index (χ2v) is 5.24. The summed E-state index contributed by atoms with van der Waals surface area (Å²) in [6.45, 7) is 0. The number of hydrogen-bond donors (Lipinski definition) is 2. The second kappa shape index (κ2) is 6.89. The van der Waals surface area contributed by atoms with Crippen LogP contribution in [0.25, 0.3) is 0 Å². The Labute approximate surface area is 131 Å². The summed E-state index contributed by atoms with van der Waals surface area (Å²) in [5.74, 6) is 6.58. The minimum Gasteiger partial charge on any atom is -0.493 e. The molecule has 0 aliphatic rings. The summed E-state index contributed by atoms with van der Waals surface area (Å²) >= 11 is 3.18. The average Bonchev–Trinajstić information content (AvgIpc) is 2.51. The van der Waals surface area contributed by atoms with Gasteiger partial charge in [0.25, 0.3) is 0 Å². The molecule has 0 aromatic heterocycles. The first kappa shape index (κ1) is 15.8. The van der Waals surface area contributed by atoms with E-state index in [2.05, 4.69) is 21.4 Å². The van der Waals surface area contributed by atoms with E-state index in [9.17, 15) is 4.39 Å². The molecule has 1 atom stereocenters. The predicted molar refractivity (Wildman–Crippen MR) is 82.8 cm³/mol. The van der Waals surface area contributed by atoms with Crippen LogP contribution in [0.5, 0.6) is 11.5 Å². The first-order valence-corrected chi connectivity index (χ1v) is 7.03. The van der Waals surface area contributed by atoms with E-state index in [0.29, 0.717) is 16.0 Å². The Morgan fingerprint density at radius 2 is 1.67 bits per heavy atom. The average molecular weight is 355 g/mol. The van der Waals surface area contributed by atoms with E-state index < -0.39 is 0 Å². The van der Waals surface area contributed by atoms with E-state index in [4.69, 9.17) is 15.3 Å². The Morgan fingerprint density at radius 3 is 2.24 bits per heavy atom. The fraction of sp³-hybridized carbons (Fsp3) is 0.200. The summed E-state index contributed by atoms with van der Waals surface area (Å²) in [5, 5.41) is 0. The van der Waals surface area contributed by atoms with Crippen LogP contribution >= 0.6 is 15.9 Å². The van der Waals surface area contributed by atoms with Gasteiger partial charge in [0.05, 0.1) is 24.7 Å². The molecule has 112 valence electrons. The fourth-order valence-corrected chi connectivity index (χ4v) is 2.51. The number of nitrogens with two attached hydrogens (primary N) is 1. The van der Waals surface area contributed by atoms with Crippen molar-refractivity contribution in [3.63, 3.8) is 0 Å². The molecule has 4 nitrogen and oxygen atoms in total. The SMILES string of the molecule is COc1ccc(C(NN)c2ccc(F)c(Br)c2)cc1OC. The Balaban J connectivity index is 2.43. The van der Waals surface area contributed by atoms with Crippen molar-refractivity contribution < 1.29 is 13.9 Å². The third-order valence-corrected chi connectivity index (χ3v) is 3.79. The van der Waals surface area contributed by atoms with Crippen molar-refractivity contribution in [1.82, 2.24) is 5.43 Å². The first-order chi connectivity index (χ1) is 10.1. The van der Waals surface area contributed by atoms with Crippen molar-refractivity contribution in [3.05, 3.63) is 57.8 Å². The lowest BCUT2D eigenvalue weighted by Gasteiger charge is -2.19. The highest BCUT2D eigenvalue weighted by Crippen LogP contribution is 2.32. The van der Waals surface area contributed by atoms with Gasteiger partial charge in [0.1, 0.15) is 5.82 Å². The highest BCUT2D eigenvalue weighted by Gasteiger charge is 2.16. The molecular weight excluding hydrogens is 339 g/mol. The number of hydrazine groups is 1. The molecule has 1 unspecified atom stereocenters. The number of methoxy groups -OCH3 is 2. The highest BCUT2D eigenvalue weighted by molar-refractivity contribution is 9.10. The third-order valence-electron chi connectivity index (χ3n) is 3.18. The molecular formula is C15H16BrFN2O2. The van der Waals surface area contributed by atoms with E-state index in [1.165, 1.54) is 6.07 Å². The summed E-state index contributed by atoms with van der Waals surface area (Å²) in [7, 11) is 3.15. The molecule has 0 heterocycles. The molecule has 2 aromatic rings. The summed E-state index contributed by atoms with van der Waals surface area (Å²) in [6, 6.07) is 9.99. The van der Waals surface area contributed by atoms with Crippen LogP contribution in [0.4, 0.5) is 4.39 Å². The number of hydrogen-bond acceptors (Lipinski definition) is 4. The molecule has 0 amide bonds. The highest BCUT2D eigenvalue weighted by atomic mass is 79.9. The number of halogens is 2. The first-order valence-electron chi connectivity index (χ1n) is 6.23. The van der Waals surface area contributed by atoms with Crippen LogP contribution in [0, 0.1) is 5.82 Å². The van der Waals surface area contributed by atoms with Crippen LogP contribution in [0.2, 0.25) is 0 Å². The molecule has 0 spiro atoms. The van der Waals surface area contributed by atoms with Gasteiger partial charge in [-0.15, -0.1) is 0 Å². The van der Waals surface area contributed by atoms with Crippen LogP contribution < -0.4 is 20.7 Å². The van der Waals surface area contributed by atoms with Crippen molar-refractivity contribution in [2.75, 3.05) is 14.2 Å². The zero-order chi connectivity index (χ0) is 15.4. The van der Waals surface area contributed by atoms with Crippen molar-refractivity contribution in [3.8, 4) is 11.5 Å². The molecule has 3 N–H and O–H groups in total. The topological polar surface area (TPSA) is 56.5 Å². The zero-order valence-electron chi connectivity index (χ0n) is 11.7. The summed E-state index contributed by atoms with van der Waals surface area (Å²) in [5.41, 5.74) is 4.44. The molecule has 0 aliphatic carbocycles. The predicted octanol–water partition coefficient (Wildman–Crippen LogP) is 3.16. The third kappa shape index (κ3) is 3.34. The normalized spacial score (nSPS) is 12.0. The van der Waals surface area contributed by atoms with E-state index >= 15 is 0 Å². The van der Waals surface area contributed by atoms with Crippen LogP contribution in [-0.4, -0.2) is 14.2 Å². The minimum absolute atomic E-state index is 0.290. The molecule has 0 saturated carbocycles. The van der Waals surface area contributed by atoms with Gasteiger partial charge in [-0.3, -0.25) is 5.84 Å². The Kier molecular flexibility index (Phi) is 5.17. The summed E-state index contributed by atoms with van der Waals surface area (Å²) in [4.78, 5) is 0. The lowest BCUT2D eigenvalue weighted by atomic mass is 9.99. The molecule has 2 aromatic carbocycles. The van der Waals surface area contributed by atoms with E-state index in [0.717, 1.165) is 11.1 Å². The number of nitrogens with one attached hydrogen (secondary N) is 1. The van der Waals surface area contributed by atoms with Gasteiger partial charge in [0.2, 0.25) is 0 Å². The van der Waals surface area contributed by atoms with Gasteiger partial charge < -0.3 is 9.47 Å². The molecule has 0 radical (unpaired) electrons. The van der Waals surface area contributed by atoms with Crippen molar-refractivity contribution >= 4 is 15.9 Å². The van der Waals surface area contributed by atoms with Gasteiger partial charge in [0, 0.05) is 0 Å². The fourth-order valence-electron chi connectivity index (χ4n) is 2.11. The molecule has 0 fully saturated rings. The summed E-state index contributed by atoms with van der Waals surface area (Å²) < 4.78 is 24.2. The molecule has 0 saturated heterocycles. The summed E-state index contributed by atoms with van der Waals surface area (Å²) in [6.07, 6.45) is 0. The lowest BCUT2D eigenvalue weighted by Crippen LogP contribution is -2.28. The number of benzene rings is 2. The van der Waals surface area contributed by atoms with Gasteiger partial charge in [-0.2, -0.15) is 0 Å². The molecule has 21 heavy (non-hydrogen) atoms. The number of rotatable bonds is 5. The van der Waals surface area contributed by atoms with E-state index in [1.54, 1.807) is 32.4 Å². The lowest BCUT2D eigenvalue weighted by molar-refractivity contribution is 0.354. The van der Waals surface area contributed by atoms with Gasteiger partial charge in [0.15, 0.2) is 11.5 Å². The number of ether oxygens (including phenoxy) is 2. The van der Waals surface area contributed by atoms with Crippen molar-refractivity contribution in [2.24, 2.45) is 5.84 Å². The van der Waals surface area contributed by atoms with Gasteiger partial charge in [-0.1, -0.05) is 12.1 Å². The van der Waals surface area contributed by atoms with Crippen molar-refractivity contribution in [1.29, 1.82) is 0 Å². The van der Waals surface area contributed by atoms with Crippen molar-refractivity contribution in [2.45, 2.75) is 6.04 Å². The minimum atomic E-state index is -0.318. The molecule has 0 aliphatic heterocycles. The molecule has 6 heteroatoms. The maximum absolute atomic E-state index is 13.4. The molecule has 2 rings (SSSR count). The standard InChI is InChI=1S/C15H16BrFN2O2/c1-20-13-6-4-10(8-14(13)21-2)15(19-18)9-3-5-12(17)11(16)7-9/h3-8,15,19H,18H2,1-2H3. The van der Waals surface area contributed by atoms with Crippen LogP contribution in [0.15, 0.2) is 40.9 Å².